The van der Waals surface area contributed by atoms with Crippen molar-refractivity contribution in [3.05, 3.63) is 107 Å². The van der Waals surface area contributed by atoms with Gasteiger partial charge in [0.1, 0.15) is 11.5 Å². The van der Waals surface area contributed by atoms with Gasteiger partial charge in [0.2, 0.25) is 0 Å². The van der Waals surface area contributed by atoms with Crippen LogP contribution >= 0.6 is 0 Å². The smallest absolute Gasteiger partial charge is 0.173 e. The molecule has 0 unspecified atom stereocenters. The molecule has 4 rings (SSSR count). The highest BCUT2D eigenvalue weighted by atomic mass is 28.4. The molecule has 0 bridgehead atoms. The van der Waals surface area contributed by atoms with Crippen LogP contribution in [0, 0.1) is 0 Å². The third-order valence-electron chi connectivity index (χ3n) is 10.5. The van der Waals surface area contributed by atoms with E-state index in [4.69, 9.17) is 17.7 Å². The number of aryl methyl sites for hydroxylation is 4. The Bertz CT molecular complexity index is 1720. The molecule has 0 saturated heterocycles. The second-order valence-corrected chi connectivity index (χ2v) is 35.6. The lowest BCUT2D eigenvalue weighted by molar-refractivity contribution is 0.373. The quantitative estimate of drug-likeness (QED) is 0.0577. The summed E-state index contributed by atoms with van der Waals surface area (Å²) >= 11 is 0. The highest BCUT2D eigenvalue weighted by Crippen LogP contribution is 2.31. The summed E-state index contributed by atoms with van der Waals surface area (Å²) in [5.41, 5.74) is 4.42. The Labute approximate surface area is 353 Å². The molecule has 0 spiro atoms. The number of hydrogen-bond donors (Lipinski definition) is 4. The van der Waals surface area contributed by atoms with Crippen molar-refractivity contribution in [2.24, 2.45) is 0 Å². The van der Waals surface area contributed by atoms with Gasteiger partial charge in [-0.1, -0.05) is 48.5 Å². The van der Waals surface area contributed by atoms with E-state index in [9.17, 15) is 20.4 Å². The first kappa shape index (κ1) is 48.8. The molecular formula is C46H72O8Si4. The van der Waals surface area contributed by atoms with E-state index in [1.54, 1.807) is 38.5 Å². The molecule has 0 saturated carbocycles. The van der Waals surface area contributed by atoms with Gasteiger partial charge in [-0.2, -0.15) is 0 Å². The second-order valence-electron chi connectivity index (χ2n) is 17.9. The van der Waals surface area contributed by atoms with E-state index >= 15 is 0 Å². The highest BCUT2D eigenvalue weighted by molar-refractivity contribution is 6.85. The number of aromatic hydroxyl groups is 4. The maximum atomic E-state index is 9.91. The van der Waals surface area contributed by atoms with Crippen LogP contribution in [-0.4, -0.2) is 67.9 Å². The van der Waals surface area contributed by atoms with Gasteiger partial charge in [-0.25, -0.2) is 0 Å². The van der Waals surface area contributed by atoms with E-state index in [2.05, 4.69) is 52.4 Å². The number of phenols is 4. The SMILES string of the molecule is COc1cc(CCC[Si](C)(C)O[Si](C)(C)CCCc2ccc(O)c(OC)c2)ccc1O.C[Si](C)(CCCc1ccccc1O)O[Si](C)(C)CCCc1ccccc1O. The van der Waals surface area contributed by atoms with Crippen molar-refractivity contribution in [3.63, 3.8) is 0 Å². The first-order valence-electron chi connectivity index (χ1n) is 20.9. The summed E-state index contributed by atoms with van der Waals surface area (Å²) in [6, 6.07) is 30.8. The Kier molecular flexibility index (Phi) is 19.1. The third-order valence-corrected chi connectivity index (χ3v) is 25.6. The van der Waals surface area contributed by atoms with Gasteiger partial charge < -0.3 is 38.1 Å². The van der Waals surface area contributed by atoms with Crippen LogP contribution in [0.4, 0.5) is 0 Å². The molecule has 8 nitrogen and oxygen atoms in total. The molecule has 0 aliphatic carbocycles. The minimum absolute atomic E-state index is 0.183. The number of phenolic OH excluding ortho intramolecular Hbond substituents is 4. The largest absolute Gasteiger partial charge is 0.508 e. The van der Waals surface area contributed by atoms with Gasteiger partial charge in [0.25, 0.3) is 0 Å². The standard InChI is InChI=1S/C24H38O5Si2.C22H34O3Si2/c1-27-23-17-19(11-13-21(23)25)9-7-15-30(3,4)29-31(5,6)16-8-10-20-12-14-22(26)24(18-20)28-2;1-26(2,17-9-13-19-11-5-7-15-21(19)23)25-27(3,4)18-10-14-20-12-6-8-16-22(20)24/h11-14,17-18,25-26H,7-10,15-16H2,1-6H3;5-8,11-12,15-16,23-24H,9-10,13-14,17-18H2,1-4H3. The Balaban J connectivity index is 0.000000313. The number of methoxy groups -OCH3 is 2. The molecule has 0 fully saturated rings. The Morgan fingerprint density at radius 3 is 1.02 bits per heavy atom. The molecule has 58 heavy (non-hydrogen) atoms. The Morgan fingerprint density at radius 2 is 0.707 bits per heavy atom. The van der Waals surface area contributed by atoms with Gasteiger partial charge in [-0.15, -0.1) is 0 Å². The summed E-state index contributed by atoms with van der Waals surface area (Å²) in [6.45, 7) is 18.6. The minimum atomic E-state index is -1.75. The lowest BCUT2D eigenvalue weighted by Gasteiger charge is -2.34. The zero-order valence-electron chi connectivity index (χ0n) is 37.0. The molecule has 4 N–H and O–H groups in total. The molecule has 0 aliphatic heterocycles. The molecule has 320 valence electrons. The summed E-state index contributed by atoms with van der Waals surface area (Å²) in [6.07, 6.45) is 7.99. The Hall–Kier alpha value is -3.53. The number of hydrogen-bond acceptors (Lipinski definition) is 8. The predicted octanol–water partition coefficient (Wildman–Crippen LogP) is 12.2. The number of ether oxygens (including phenoxy) is 2. The molecule has 4 aromatic rings. The molecule has 0 aromatic heterocycles. The molecule has 0 amide bonds. The number of para-hydroxylation sites is 2. The van der Waals surface area contributed by atoms with E-state index in [1.165, 1.54) is 11.1 Å². The van der Waals surface area contributed by atoms with Crippen LogP contribution in [0.25, 0.3) is 0 Å². The zero-order valence-corrected chi connectivity index (χ0v) is 41.0. The molecular weight excluding hydrogens is 793 g/mol. The summed E-state index contributed by atoms with van der Waals surface area (Å²) in [5, 5.41) is 39.3. The molecule has 0 aliphatic rings. The van der Waals surface area contributed by atoms with Crippen molar-refractivity contribution in [1.82, 2.24) is 0 Å². The minimum Gasteiger partial charge on any atom is -0.508 e. The maximum absolute atomic E-state index is 9.91. The van der Waals surface area contributed by atoms with Crippen molar-refractivity contribution in [3.8, 4) is 34.5 Å². The molecule has 0 radical (unpaired) electrons. The van der Waals surface area contributed by atoms with Crippen molar-refractivity contribution >= 4 is 33.3 Å². The monoisotopic (exact) mass is 864 g/mol. The Morgan fingerprint density at radius 1 is 0.397 bits per heavy atom. The van der Waals surface area contributed by atoms with Gasteiger partial charge in [0, 0.05) is 0 Å². The van der Waals surface area contributed by atoms with Gasteiger partial charge >= 0.3 is 0 Å². The highest BCUT2D eigenvalue weighted by Gasteiger charge is 2.33. The van der Waals surface area contributed by atoms with Crippen LogP contribution in [0.5, 0.6) is 34.5 Å². The number of rotatable bonds is 22. The van der Waals surface area contributed by atoms with Crippen molar-refractivity contribution in [2.45, 2.75) is 128 Å². The van der Waals surface area contributed by atoms with Crippen molar-refractivity contribution in [1.29, 1.82) is 0 Å². The van der Waals surface area contributed by atoms with Crippen LogP contribution < -0.4 is 9.47 Å². The third kappa shape index (κ3) is 17.8. The van der Waals surface area contributed by atoms with Crippen LogP contribution in [0.15, 0.2) is 84.9 Å². The number of benzene rings is 4. The lowest BCUT2D eigenvalue weighted by atomic mass is 10.1. The van der Waals surface area contributed by atoms with E-state index in [0.29, 0.717) is 23.0 Å². The topological polar surface area (TPSA) is 118 Å². The maximum Gasteiger partial charge on any atom is 0.173 e. The lowest BCUT2D eigenvalue weighted by Crippen LogP contribution is -2.44. The summed E-state index contributed by atoms with van der Waals surface area (Å²) in [4.78, 5) is 0. The van der Waals surface area contributed by atoms with E-state index in [-0.39, 0.29) is 11.5 Å². The average molecular weight is 865 g/mol. The van der Waals surface area contributed by atoms with Gasteiger partial charge in [0.15, 0.2) is 56.3 Å². The van der Waals surface area contributed by atoms with Crippen LogP contribution in [0.2, 0.25) is 76.6 Å². The predicted molar refractivity (Wildman–Crippen MR) is 250 cm³/mol. The fourth-order valence-corrected chi connectivity index (χ4v) is 25.5. The zero-order chi connectivity index (χ0) is 43.0. The van der Waals surface area contributed by atoms with Crippen molar-refractivity contribution in [2.75, 3.05) is 14.2 Å². The van der Waals surface area contributed by atoms with Crippen molar-refractivity contribution < 1.29 is 38.1 Å². The first-order chi connectivity index (χ1) is 27.2. The van der Waals surface area contributed by atoms with E-state index in [0.717, 1.165) is 86.7 Å². The normalized spacial score (nSPS) is 12.2. The average Bonchev–Trinajstić information content (AvgIpc) is 3.13. The summed E-state index contributed by atoms with van der Waals surface area (Å²) < 4.78 is 23.9. The summed E-state index contributed by atoms with van der Waals surface area (Å²) in [7, 11) is -3.78. The van der Waals surface area contributed by atoms with Gasteiger partial charge in [-0.3, -0.25) is 0 Å². The van der Waals surface area contributed by atoms with Crippen LogP contribution in [0.1, 0.15) is 47.9 Å². The van der Waals surface area contributed by atoms with Crippen LogP contribution in [-0.2, 0) is 33.9 Å². The molecule has 4 aromatic carbocycles. The second kappa shape index (κ2) is 22.7. The van der Waals surface area contributed by atoms with E-state index < -0.39 is 33.3 Å². The van der Waals surface area contributed by atoms with E-state index in [1.807, 2.05) is 60.7 Å². The molecule has 0 atom stereocenters. The van der Waals surface area contributed by atoms with Gasteiger partial charge in [0.05, 0.1) is 14.2 Å². The first-order valence-corrected chi connectivity index (χ1v) is 33.4. The van der Waals surface area contributed by atoms with Gasteiger partial charge in [-0.05, 0) is 187 Å². The van der Waals surface area contributed by atoms with Crippen LogP contribution in [0.3, 0.4) is 0 Å². The molecule has 0 heterocycles. The summed E-state index contributed by atoms with van der Waals surface area (Å²) in [5.74, 6) is 2.23. The molecule has 12 heteroatoms. The fraction of sp³-hybridized carbons (Fsp3) is 0.478. The fourth-order valence-electron chi connectivity index (χ4n) is 7.75.